The second-order valence-electron chi connectivity index (χ2n) is 5.47. The molecule has 0 bridgehead atoms. The van der Waals surface area contributed by atoms with Crippen molar-refractivity contribution < 1.29 is 19.1 Å². The SMILES string of the molecule is COC(=O)CCc1c(I)cccc1NC(=O)OC(C)(C)C. The van der Waals surface area contributed by atoms with Crippen LogP contribution in [0.3, 0.4) is 0 Å². The van der Waals surface area contributed by atoms with Gasteiger partial charge in [-0.05, 0) is 67.5 Å². The molecule has 0 aliphatic carbocycles. The molecule has 1 aromatic rings. The molecule has 0 saturated carbocycles. The van der Waals surface area contributed by atoms with Gasteiger partial charge in [-0.15, -0.1) is 0 Å². The smallest absolute Gasteiger partial charge is 0.412 e. The molecule has 1 N–H and O–H groups in total. The average molecular weight is 405 g/mol. The summed E-state index contributed by atoms with van der Waals surface area (Å²) in [5.41, 5.74) is 0.993. The van der Waals surface area contributed by atoms with E-state index in [9.17, 15) is 9.59 Å². The predicted molar refractivity (Wildman–Crippen MR) is 89.4 cm³/mol. The van der Waals surface area contributed by atoms with E-state index in [0.29, 0.717) is 12.1 Å². The van der Waals surface area contributed by atoms with Crippen molar-refractivity contribution in [1.82, 2.24) is 0 Å². The highest BCUT2D eigenvalue weighted by atomic mass is 127. The Morgan fingerprint density at radius 2 is 1.95 bits per heavy atom. The van der Waals surface area contributed by atoms with Gasteiger partial charge in [0.25, 0.3) is 0 Å². The van der Waals surface area contributed by atoms with Crippen LogP contribution in [0, 0.1) is 3.57 Å². The molecule has 0 spiro atoms. The number of amides is 1. The highest BCUT2D eigenvalue weighted by molar-refractivity contribution is 14.1. The van der Waals surface area contributed by atoms with Gasteiger partial charge in [-0.3, -0.25) is 10.1 Å². The van der Waals surface area contributed by atoms with E-state index in [1.807, 2.05) is 12.1 Å². The number of rotatable bonds is 4. The van der Waals surface area contributed by atoms with E-state index in [2.05, 4.69) is 32.6 Å². The number of benzene rings is 1. The van der Waals surface area contributed by atoms with E-state index < -0.39 is 11.7 Å². The summed E-state index contributed by atoms with van der Waals surface area (Å²) in [7, 11) is 1.36. The maximum absolute atomic E-state index is 11.9. The molecule has 6 heteroatoms. The Morgan fingerprint density at radius 1 is 1.29 bits per heavy atom. The van der Waals surface area contributed by atoms with Crippen LogP contribution in [-0.4, -0.2) is 24.8 Å². The molecule has 1 amide bonds. The van der Waals surface area contributed by atoms with Gasteiger partial charge >= 0.3 is 12.1 Å². The van der Waals surface area contributed by atoms with Crippen LogP contribution in [-0.2, 0) is 20.7 Å². The molecule has 21 heavy (non-hydrogen) atoms. The van der Waals surface area contributed by atoms with Crippen LogP contribution in [0.25, 0.3) is 0 Å². The number of ether oxygens (including phenoxy) is 2. The number of halogens is 1. The molecule has 0 heterocycles. The molecule has 1 aromatic carbocycles. The minimum atomic E-state index is -0.557. The van der Waals surface area contributed by atoms with E-state index >= 15 is 0 Å². The zero-order valence-electron chi connectivity index (χ0n) is 12.7. The van der Waals surface area contributed by atoms with Crippen LogP contribution < -0.4 is 5.32 Å². The topological polar surface area (TPSA) is 64.6 Å². The van der Waals surface area contributed by atoms with E-state index in [4.69, 9.17) is 4.74 Å². The fraction of sp³-hybridized carbons (Fsp3) is 0.467. The molecule has 0 unspecified atom stereocenters. The number of hydrogen-bond acceptors (Lipinski definition) is 4. The molecular weight excluding hydrogens is 385 g/mol. The highest BCUT2D eigenvalue weighted by Crippen LogP contribution is 2.24. The first-order valence-electron chi connectivity index (χ1n) is 6.57. The van der Waals surface area contributed by atoms with Crippen LogP contribution in [0.5, 0.6) is 0 Å². The molecule has 0 aromatic heterocycles. The summed E-state index contributed by atoms with van der Waals surface area (Å²) in [5, 5.41) is 2.73. The van der Waals surface area contributed by atoms with E-state index in [1.165, 1.54) is 7.11 Å². The van der Waals surface area contributed by atoms with Crippen molar-refractivity contribution in [2.75, 3.05) is 12.4 Å². The summed E-state index contributed by atoms with van der Waals surface area (Å²) in [6, 6.07) is 5.56. The van der Waals surface area contributed by atoms with Crippen molar-refractivity contribution in [2.45, 2.75) is 39.2 Å². The molecule has 0 aliphatic heterocycles. The first-order chi connectivity index (χ1) is 9.73. The second kappa shape index (κ2) is 7.63. The minimum Gasteiger partial charge on any atom is -0.469 e. The molecule has 116 valence electrons. The number of methoxy groups -OCH3 is 1. The Bertz CT molecular complexity index is 523. The zero-order valence-corrected chi connectivity index (χ0v) is 14.8. The van der Waals surface area contributed by atoms with E-state index in [0.717, 1.165) is 9.13 Å². The summed E-state index contributed by atoms with van der Waals surface area (Å²) in [6.45, 7) is 5.42. The monoisotopic (exact) mass is 405 g/mol. The maximum Gasteiger partial charge on any atom is 0.412 e. The van der Waals surface area contributed by atoms with Gasteiger partial charge in [0.2, 0.25) is 0 Å². The lowest BCUT2D eigenvalue weighted by Gasteiger charge is -2.20. The van der Waals surface area contributed by atoms with Gasteiger partial charge in [0, 0.05) is 15.7 Å². The molecular formula is C15H20INO4. The van der Waals surface area contributed by atoms with Crippen LogP contribution in [0.2, 0.25) is 0 Å². The van der Waals surface area contributed by atoms with Crippen LogP contribution in [0.15, 0.2) is 18.2 Å². The first kappa shape index (κ1) is 17.7. The number of hydrogen-bond donors (Lipinski definition) is 1. The fourth-order valence-electron chi connectivity index (χ4n) is 1.67. The number of esters is 1. The number of carbonyl (C=O) groups is 2. The van der Waals surface area contributed by atoms with Crippen molar-refractivity contribution in [2.24, 2.45) is 0 Å². The van der Waals surface area contributed by atoms with Gasteiger partial charge < -0.3 is 9.47 Å². The molecule has 0 fully saturated rings. The Labute approximate surface area is 138 Å². The Hall–Kier alpha value is -1.31. The van der Waals surface area contributed by atoms with Gasteiger partial charge in [0.1, 0.15) is 5.60 Å². The molecule has 1 rings (SSSR count). The maximum atomic E-state index is 11.9. The lowest BCUT2D eigenvalue weighted by atomic mass is 10.1. The quantitative estimate of drug-likeness (QED) is 0.612. The van der Waals surface area contributed by atoms with Gasteiger partial charge in [0.15, 0.2) is 0 Å². The number of anilines is 1. The average Bonchev–Trinajstić information content (AvgIpc) is 2.35. The van der Waals surface area contributed by atoms with Crippen LogP contribution in [0.4, 0.5) is 10.5 Å². The Kier molecular flexibility index (Phi) is 6.44. The van der Waals surface area contributed by atoms with E-state index in [-0.39, 0.29) is 12.4 Å². The van der Waals surface area contributed by atoms with Crippen LogP contribution >= 0.6 is 22.6 Å². The normalized spacial score (nSPS) is 10.9. The lowest BCUT2D eigenvalue weighted by Crippen LogP contribution is -2.27. The van der Waals surface area contributed by atoms with Crippen LogP contribution in [0.1, 0.15) is 32.8 Å². The van der Waals surface area contributed by atoms with Gasteiger partial charge in [-0.2, -0.15) is 0 Å². The van der Waals surface area contributed by atoms with Crippen molar-refractivity contribution >= 4 is 40.3 Å². The third-order valence-electron chi connectivity index (χ3n) is 2.56. The highest BCUT2D eigenvalue weighted by Gasteiger charge is 2.18. The van der Waals surface area contributed by atoms with Crippen molar-refractivity contribution in [3.05, 3.63) is 27.3 Å². The van der Waals surface area contributed by atoms with Crippen molar-refractivity contribution in [3.63, 3.8) is 0 Å². The molecule has 0 saturated heterocycles. The predicted octanol–water partition coefficient (Wildman–Crippen LogP) is 3.74. The first-order valence-corrected chi connectivity index (χ1v) is 7.65. The Balaban J connectivity index is 2.84. The minimum absolute atomic E-state index is 0.263. The largest absolute Gasteiger partial charge is 0.469 e. The van der Waals surface area contributed by atoms with Gasteiger partial charge in [-0.25, -0.2) is 4.79 Å². The summed E-state index contributed by atoms with van der Waals surface area (Å²) in [4.78, 5) is 23.1. The summed E-state index contributed by atoms with van der Waals surface area (Å²) in [6.07, 6.45) is 0.250. The fourth-order valence-corrected chi connectivity index (χ4v) is 2.44. The summed E-state index contributed by atoms with van der Waals surface area (Å²) < 4.78 is 10.9. The van der Waals surface area contributed by atoms with Gasteiger partial charge in [0.05, 0.1) is 7.11 Å². The van der Waals surface area contributed by atoms with Crippen molar-refractivity contribution in [1.29, 1.82) is 0 Å². The summed E-state index contributed by atoms with van der Waals surface area (Å²) >= 11 is 2.18. The molecule has 0 atom stereocenters. The summed E-state index contributed by atoms with van der Waals surface area (Å²) in [5.74, 6) is -0.280. The zero-order chi connectivity index (χ0) is 16.0. The number of nitrogens with one attached hydrogen (secondary N) is 1. The molecule has 0 radical (unpaired) electrons. The van der Waals surface area contributed by atoms with E-state index in [1.54, 1.807) is 26.8 Å². The Morgan fingerprint density at radius 3 is 2.52 bits per heavy atom. The third-order valence-corrected chi connectivity index (χ3v) is 3.57. The van der Waals surface area contributed by atoms with Crippen molar-refractivity contribution in [3.8, 4) is 0 Å². The molecule has 0 aliphatic rings. The standard InChI is InChI=1S/C15H20INO4/c1-15(2,3)21-14(19)17-12-7-5-6-11(16)10(12)8-9-13(18)20-4/h5-7H,8-9H2,1-4H3,(H,17,19). The third kappa shape index (κ3) is 6.33. The lowest BCUT2D eigenvalue weighted by molar-refractivity contribution is -0.140. The second-order valence-corrected chi connectivity index (χ2v) is 6.63. The number of carbonyl (C=O) groups excluding carboxylic acids is 2. The van der Waals surface area contributed by atoms with Gasteiger partial charge in [-0.1, -0.05) is 6.07 Å². The molecule has 5 nitrogen and oxygen atoms in total.